The smallest absolute Gasteiger partial charge is 0.0708 e. The first-order chi connectivity index (χ1) is 12.3. The first-order valence-corrected chi connectivity index (χ1v) is 9.41. The number of hydrogen-bond donors (Lipinski definition) is 0. The van der Waals surface area contributed by atoms with Crippen molar-refractivity contribution >= 4 is 0 Å². The van der Waals surface area contributed by atoms with Crippen LogP contribution < -0.4 is 0 Å². The van der Waals surface area contributed by atoms with Gasteiger partial charge in [-0.3, -0.25) is 4.98 Å². The Balaban J connectivity index is 1.56. The Morgan fingerprint density at radius 2 is 1.44 bits per heavy atom. The summed E-state index contributed by atoms with van der Waals surface area (Å²) in [5, 5.41) is 0. The van der Waals surface area contributed by atoms with Gasteiger partial charge < -0.3 is 0 Å². The van der Waals surface area contributed by atoms with E-state index in [9.17, 15) is 0 Å². The maximum Gasteiger partial charge on any atom is 0.0708 e. The standard InChI is InChI=1S/C24H25N/c1-18-7-9-19(10-8-18)20-11-13-21(14-12-20)23-15-16-25-24(17-23)22-5-3-2-4-6-22/h2-6,11-19H,7-10H2,1H3. The van der Waals surface area contributed by atoms with Crippen molar-refractivity contribution in [3.63, 3.8) is 0 Å². The second kappa shape index (κ2) is 7.23. The number of pyridine rings is 1. The summed E-state index contributed by atoms with van der Waals surface area (Å²) < 4.78 is 0. The van der Waals surface area contributed by atoms with Crippen molar-refractivity contribution in [2.75, 3.05) is 0 Å². The minimum Gasteiger partial charge on any atom is -0.256 e. The summed E-state index contributed by atoms with van der Waals surface area (Å²) in [5.41, 5.74) is 6.21. The van der Waals surface area contributed by atoms with Gasteiger partial charge in [-0.25, -0.2) is 0 Å². The monoisotopic (exact) mass is 327 g/mol. The van der Waals surface area contributed by atoms with E-state index in [1.54, 1.807) is 0 Å². The van der Waals surface area contributed by atoms with Crippen molar-refractivity contribution in [2.24, 2.45) is 5.92 Å². The molecule has 0 radical (unpaired) electrons. The zero-order valence-corrected chi connectivity index (χ0v) is 14.9. The summed E-state index contributed by atoms with van der Waals surface area (Å²) in [6, 6.07) is 23.9. The highest BCUT2D eigenvalue weighted by Crippen LogP contribution is 2.36. The van der Waals surface area contributed by atoms with Crippen molar-refractivity contribution < 1.29 is 0 Å². The molecule has 0 aliphatic heterocycles. The average Bonchev–Trinajstić information content (AvgIpc) is 2.70. The second-order valence-corrected chi connectivity index (χ2v) is 7.37. The molecule has 1 heteroatoms. The molecule has 0 amide bonds. The van der Waals surface area contributed by atoms with Crippen LogP contribution in [0, 0.1) is 5.92 Å². The van der Waals surface area contributed by atoms with Crippen molar-refractivity contribution in [2.45, 2.75) is 38.5 Å². The van der Waals surface area contributed by atoms with E-state index in [1.165, 1.54) is 42.4 Å². The molecule has 0 spiro atoms. The quantitative estimate of drug-likeness (QED) is 0.521. The third-order valence-electron chi connectivity index (χ3n) is 5.56. The fraction of sp³-hybridized carbons (Fsp3) is 0.292. The van der Waals surface area contributed by atoms with Crippen LogP contribution in [-0.2, 0) is 0 Å². The van der Waals surface area contributed by atoms with Crippen LogP contribution in [0.5, 0.6) is 0 Å². The van der Waals surface area contributed by atoms with Gasteiger partial charge in [0.25, 0.3) is 0 Å². The largest absolute Gasteiger partial charge is 0.256 e. The molecule has 1 heterocycles. The lowest BCUT2D eigenvalue weighted by atomic mass is 9.79. The van der Waals surface area contributed by atoms with Gasteiger partial charge in [-0.2, -0.15) is 0 Å². The number of rotatable bonds is 3. The Morgan fingerprint density at radius 1 is 0.720 bits per heavy atom. The Morgan fingerprint density at radius 3 is 2.16 bits per heavy atom. The molecule has 0 unspecified atom stereocenters. The molecule has 2 aromatic carbocycles. The minimum atomic E-state index is 0.752. The summed E-state index contributed by atoms with van der Waals surface area (Å²) in [6.45, 7) is 2.38. The Hall–Kier alpha value is -2.41. The van der Waals surface area contributed by atoms with E-state index in [0.29, 0.717) is 0 Å². The zero-order chi connectivity index (χ0) is 17.1. The summed E-state index contributed by atoms with van der Waals surface area (Å²) in [6.07, 6.45) is 7.34. The zero-order valence-electron chi connectivity index (χ0n) is 14.9. The number of nitrogens with zero attached hydrogens (tertiary/aromatic N) is 1. The molecule has 1 fully saturated rings. The molecule has 25 heavy (non-hydrogen) atoms. The number of aromatic nitrogens is 1. The lowest BCUT2D eigenvalue weighted by molar-refractivity contribution is 0.348. The molecular formula is C24H25N. The lowest BCUT2D eigenvalue weighted by Crippen LogP contribution is -2.10. The van der Waals surface area contributed by atoms with E-state index in [0.717, 1.165) is 23.1 Å². The third-order valence-corrected chi connectivity index (χ3v) is 5.56. The van der Waals surface area contributed by atoms with E-state index in [1.807, 2.05) is 12.3 Å². The maximum atomic E-state index is 4.53. The second-order valence-electron chi connectivity index (χ2n) is 7.37. The molecule has 1 aliphatic carbocycles. The molecule has 126 valence electrons. The van der Waals surface area contributed by atoms with Crippen LogP contribution in [0.2, 0.25) is 0 Å². The first-order valence-electron chi connectivity index (χ1n) is 9.41. The molecular weight excluding hydrogens is 302 g/mol. The SMILES string of the molecule is CC1CCC(c2ccc(-c3ccnc(-c4ccccc4)c3)cc2)CC1. The van der Waals surface area contributed by atoms with E-state index >= 15 is 0 Å². The lowest BCUT2D eigenvalue weighted by Gasteiger charge is -2.26. The highest BCUT2D eigenvalue weighted by Gasteiger charge is 2.19. The minimum absolute atomic E-state index is 0.752. The fourth-order valence-corrected chi connectivity index (χ4v) is 3.92. The molecule has 4 rings (SSSR count). The highest BCUT2D eigenvalue weighted by molar-refractivity contribution is 5.70. The third kappa shape index (κ3) is 3.66. The van der Waals surface area contributed by atoms with Gasteiger partial charge in [-0.1, -0.05) is 74.4 Å². The Bertz CT molecular complexity index is 812. The topological polar surface area (TPSA) is 12.9 Å². The molecule has 1 saturated carbocycles. The maximum absolute atomic E-state index is 4.53. The van der Waals surface area contributed by atoms with Crippen LogP contribution in [0.25, 0.3) is 22.4 Å². The molecule has 0 saturated heterocycles. The predicted octanol–water partition coefficient (Wildman–Crippen LogP) is 6.71. The van der Waals surface area contributed by atoms with Crippen LogP contribution >= 0.6 is 0 Å². The van der Waals surface area contributed by atoms with Crippen LogP contribution in [0.4, 0.5) is 0 Å². The summed E-state index contributed by atoms with van der Waals surface area (Å²) in [5.74, 6) is 1.66. The van der Waals surface area contributed by atoms with E-state index in [4.69, 9.17) is 0 Å². The Kier molecular flexibility index (Phi) is 4.65. The average molecular weight is 327 g/mol. The fourth-order valence-electron chi connectivity index (χ4n) is 3.92. The predicted molar refractivity (Wildman–Crippen MR) is 105 cm³/mol. The first kappa shape index (κ1) is 16.1. The van der Waals surface area contributed by atoms with Crippen molar-refractivity contribution in [3.05, 3.63) is 78.5 Å². The van der Waals surface area contributed by atoms with Gasteiger partial charge in [0.2, 0.25) is 0 Å². The molecule has 1 aliphatic rings. The van der Waals surface area contributed by atoms with Crippen molar-refractivity contribution in [1.29, 1.82) is 0 Å². The van der Waals surface area contributed by atoms with Crippen LogP contribution in [0.3, 0.4) is 0 Å². The molecule has 0 N–H and O–H groups in total. The van der Waals surface area contributed by atoms with Gasteiger partial charge in [-0.05, 0) is 53.5 Å². The molecule has 3 aromatic rings. The van der Waals surface area contributed by atoms with Gasteiger partial charge in [0.05, 0.1) is 5.69 Å². The normalized spacial score (nSPS) is 20.4. The summed E-state index contributed by atoms with van der Waals surface area (Å²) in [4.78, 5) is 4.53. The van der Waals surface area contributed by atoms with Crippen molar-refractivity contribution in [1.82, 2.24) is 4.98 Å². The number of benzene rings is 2. The summed E-state index contributed by atoms with van der Waals surface area (Å²) in [7, 11) is 0. The van der Waals surface area contributed by atoms with E-state index in [-0.39, 0.29) is 0 Å². The highest BCUT2D eigenvalue weighted by atomic mass is 14.7. The van der Waals surface area contributed by atoms with Gasteiger partial charge in [0.15, 0.2) is 0 Å². The Labute approximate surface area is 150 Å². The van der Waals surface area contributed by atoms with Gasteiger partial charge in [0, 0.05) is 11.8 Å². The molecule has 0 atom stereocenters. The van der Waals surface area contributed by atoms with Gasteiger partial charge in [-0.15, -0.1) is 0 Å². The van der Waals surface area contributed by atoms with Crippen LogP contribution in [0.1, 0.15) is 44.1 Å². The molecule has 0 bridgehead atoms. The van der Waals surface area contributed by atoms with E-state index < -0.39 is 0 Å². The van der Waals surface area contributed by atoms with Gasteiger partial charge in [0.1, 0.15) is 0 Å². The summed E-state index contributed by atoms with van der Waals surface area (Å²) >= 11 is 0. The number of hydrogen-bond acceptors (Lipinski definition) is 1. The van der Waals surface area contributed by atoms with Crippen molar-refractivity contribution in [3.8, 4) is 22.4 Å². The van der Waals surface area contributed by atoms with Gasteiger partial charge >= 0.3 is 0 Å². The van der Waals surface area contributed by atoms with Crippen LogP contribution in [0.15, 0.2) is 72.9 Å². The molecule has 1 nitrogen and oxygen atoms in total. The van der Waals surface area contributed by atoms with Crippen LogP contribution in [-0.4, -0.2) is 4.98 Å². The van der Waals surface area contributed by atoms with E-state index in [2.05, 4.69) is 72.6 Å². The molecule has 1 aromatic heterocycles.